The van der Waals surface area contributed by atoms with Crippen LogP contribution in [-0.4, -0.2) is 11.1 Å². The Hall–Kier alpha value is -3.63. The molecule has 3 aromatic rings. The molecule has 0 spiro atoms. The van der Waals surface area contributed by atoms with Crippen LogP contribution in [0.5, 0.6) is 11.5 Å². The van der Waals surface area contributed by atoms with Crippen molar-refractivity contribution in [3.8, 4) is 11.5 Å². The summed E-state index contributed by atoms with van der Waals surface area (Å²) < 4.78 is 5.40. The highest BCUT2D eigenvalue weighted by Crippen LogP contribution is 2.41. The van der Waals surface area contributed by atoms with Crippen molar-refractivity contribution in [1.82, 2.24) is 0 Å². The molecule has 1 saturated carbocycles. The van der Waals surface area contributed by atoms with Gasteiger partial charge in [0, 0.05) is 17.7 Å². The number of carbonyl (C=O) groups is 1. The fraction of sp³-hybridized carbons (Fsp3) is 0.233. The van der Waals surface area contributed by atoms with Crippen LogP contribution in [0.4, 0.5) is 0 Å². The molecule has 34 heavy (non-hydrogen) atoms. The zero-order valence-corrected chi connectivity index (χ0v) is 19.7. The number of hydrogen-bond donors (Lipinski definition) is 2. The second kappa shape index (κ2) is 10.5. The van der Waals surface area contributed by atoms with Gasteiger partial charge in [-0.05, 0) is 79.5 Å². The maximum atomic E-state index is 12.1. The first-order chi connectivity index (χ1) is 16.4. The van der Waals surface area contributed by atoms with E-state index in [9.17, 15) is 9.90 Å². The summed E-state index contributed by atoms with van der Waals surface area (Å²) in [4.78, 5) is 12.1. The van der Waals surface area contributed by atoms with Crippen molar-refractivity contribution in [2.75, 3.05) is 0 Å². The van der Waals surface area contributed by atoms with Crippen molar-refractivity contribution in [3.63, 3.8) is 0 Å². The Balaban J connectivity index is 1.35. The lowest BCUT2D eigenvalue weighted by atomic mass is 9.89. The number of allylic oxidation sites excluding steroid dienone is 1. The van der Waals surface area contributed by atoms with E-state index >= 15 is 0 Å². The first kappa shape index (κ1) is 23.5. The summed E-state index contributed by atoms with van der Waals surface area (Å²) in [7, 11) is 0. The smallest absolute Gasteiger partial charge is 0.336 e. The minimum absolute atomic E-state index is 0.184. The monoisotopic (exact) mass is 453 g/mol. The number of hydrogen-bond acceptors (Lipinski definition) is 4. The van der Waals surface area contributed by atoms with Crippen molar-refractivity contribution >= 4 is 18.1 Å². The van der Waals surface area contributed by atoms with E-state index in [-0.39, 0.29) is 6.04 Å². The molecule has 2 atom stereocenters. The first-order valence-corrected chi connectivity index (χ1v) is 11.7. The molecular formula is C30H31NO3. The van der Waals surface area contributed by atoms with Gasteiger partial charge >= 0.3 is 5.97 Å². The van der Waals surface area contributed by atoms with Gasteiger partial charge in [0.05, 0.1) is 0 Å². The van der Waals surface area contributed by atoms with Gasteiger partial charge in [-0.15, -0.1) is 0 Å². The molecule has 1 aliphatic carbocycles. The number of benzene rings is 3. The predicted molar refractivity (Wildman–Crippen MR) is 137 cm³/mol. The van der Waals surface area contributed by atoms with Gasteiger partial charge in [0.2, 0.25) is 0 Å². The number of phenols is 1. The Morgan fingerprint density at radius 1 is 1.03 bits per heavy atom. The van der Waals surface area contributed by atoms with E-state index < -0.39 is 5.97 Å². The van der Waals surface area contributed by atoms with Crippen LogP contribution in [0.3, 0.4) is 0 Å². The summed E-state index contributed by atoms with van der Waals surface area (Å²) in [6, 6.07) is 21.0. The number of esters is 1. The summed E-state index contributed by atoms with van der Waals surface area (Å²) >= 11 is 0. The Kier molecular flexibility index (Phi) is 7.29. The highest BCUT2D eigenvalue weighted by Gasteiger charge is 2.28. The largest absolute Gasteiger partial charge is 0.507 e. The van der Waals surface area contributed by atoms with E-state index in [1.807, 2.05) is 80.6 Å². The molecule has 0 radical (unpaired) electrons. The quantitative estimate of drug-likeness (QED) is 0.253. The summed E-state index contributed by atoms with van der Waals surface area (Å²) in [5.74, 6) is 0.739. The molecule has 174 valence electrons. The third-order valence-electron chi connectivity index (χ3n) is 6.64. The number of carbonyl (C=O) groups excluding carboxylic acids is 1. The molecule has 0 aliphatic heterocycles. The van der Waals surface area contributed by atoms with Crippen molar-refractivity contribution in [2.24, 2.45) is 11.7 Å². The van der Waals surface area contributed by atoms with Crippen molar-refractivity contribution < 1.29 is 14.6 Å². The SMILES string of the molecule is Cc1ccc(C(N)C2CC/C(=C\c3ccc(OC(=O)/C=C/c4ccccc4)cc3)C2)c(O)c1C. The first-order valence-electron chi connectivity index (χ1n) is 11.7. The molecule has 3 aromatic carbocycles. The molecule has 0 aromatic heterocycles. The van der Waals surface area contributed by atoms with Gasteiger partial charge in [-0.25, -0.2) is 4.79 Å². The van der Waals surface area contributed by atoms with Crippen LogP contribution in [0.15, 0.2) is 78.4 Å². The molecule has 0 saturated heterocycles. The standard InChI is InChI=1S/C30H31NO3/c1-20-8-16-27(30(33)21(20)2)29(31)25-13-9-24(19-25)18-23-10-14-26(15-11-23)34-28(32)17-12-22-6-4-3-5-7-22/h3-8,10-12,14-18,25,29,33H,9,13,19,31H2,1-2H3/b17-12+,24-18+. The van der Waals surface area contributed by atoms with Crippen LogP contribution in [-0.2, 0) is 4.79 Å². The summed E-state index contributed by atoms with van der Waals surface area (Å²) in [5.41, 5.74) is 12.7. The molecular weight excluding hydrogens is 422 g/mol. The highest BCUT2D eigenvalue weighted by molar-refractivity contribution is 5.88. The lowest BCUT2D eigenvalue weighted by molar-refractivity contribution is -0.128. The van der Waals surface area contributed by atoms with Crippen molar-refractivity contribution in [2.45, 2.75) is 39.2 Å². The Morgan fingerprint density at radius 3 is 2.50 bits per heavy atom. The van der Waals surface area contributed by atoms with Crippen LogP contribution < -0.4 is 10.5 Å². The molecule has 0 amide bonds. The fourth-order valence-corrected chi connectivity index (χ4v) is 4.44. The highest BCUT2D eigenvalue weighted by atomic mass is 16.5. The lowest BCUT2D eigenvalue weighted by Crippen LogP contribution is -2.19. The van der Waals surface area contributed by atoms with E-state index in [4.69, 9.17) is 10.5 Å². The molecule has 1 aliphatic rings. The minimum atomic E-state index is -0.405. The number of ether oxygens (including phenoxy) is 1. The average molecular weight is 454 g/mol. The van der Waals surface area contributed by atoms with Gasteiger partial charge in [0.15, 0.2) is 0 Å². The van der Waals surface area contributed by atoms with Crippen molar-refractivity contribution in [3.05, 3.63) is 106 Å². The van der Waals surface area contributed by atoms with Gasteiger partial charge < -0.3 is 15.6 Å². The van der Waals surface area contributed by atoms with Gasteiger partial charge in [-0.2, -0.15) is 0 Å². The van der Waals surface area contributed by atoms with Crippen molar-refractivity contribution in [1.29, 1.82) is 0 Å². The predicted octanol–water partition coefficient (Wildman–Crippen LogP) is 6.51. The van der Waals surface area contributed by atoms with Crippen LogP contribution in [0.2, 0.25) is 0 Å². The minimum Gasteiger partial charge on any atom is -0.507 e. The van der Waals surface area contributed by atoms with Crippen LogP contribution in [0, 0.1) is 19.8 Å². The maximum absolute atomic E-state index is 12.1. The second-order valence-corrected chi connectivity index (χ2v) is 9.01. The van der Waals surface area contributed by atoms with Gasteiger partial charge in [0.1, 0.15) is 11.5 Å². The Bertz CT molecular complexity index is 1210. The van der Waals surface area contributed by atoms with E-state index in [0.717, 1.165) is 47.1 Å². The van der Waals surface area contributed by atoms with Gasteiger partial charge in [-0.1, -0.05) is 66.2 Å². The molecule has 2 unspecified atom stereocenters. The molecule has 1 fully saturated rings. The summed E-state index contributed by atoms with van der Waals surface area (Å²) in [6.07, 6.45) is 8.26. The van der Waals surface area contributed by atoms with Crippen LogP contribution in [0.25, 0.3) is 12.2 Å². The number of aryl methyl sites for hydroxylation is 1. The van der Waals surface area contributed by atoms with Crippen LogP contribution >= 0.6 is 0 Å². The Morgan fingerprint density at radius 2 is 1.76 bits per heavy atom. The van der Waals surface area contributed by atoms with E-state index in [1.165, 1.54) is 11.6 Å². The average Bonchev–Trinajstić information content (AvgIpc) is 3.31. The topological polar surface area (TPSA) is 72.5 Å². The Labute approximate surface area is 201 Å². The molecule has 4 rings (SSSR count). The molecule has 4 heteroatoms. The summed E-state index contributed by atoms with van der Waals surface area (Å²) in [6.45, 7) is 3.93. The zero-order valence-electron chi connectivity index (χ0n) is 19.7. The number of phenolic OH excluding ortho intramolecular Hbond substituents is 1. The fourth-order valence-electron chi connectivity index (χ4n) is 4.44. The molecule has 3 N–H and O–H groups in total. The van der Waals surface area contributed by atoms with Gasteiger partial charge in [-0.3, -0.25) is 0 Å². The summed E-state index contributed by atoms with van der Waals surface area (Å²) in [5, 5.41) is 10.6. The molecule has 0 bridgehead atoms. The van der Waals surface area contributed by atoms with E-state index in [2.05, 4.69) is 6.08 Å². The van der Waals surface area contributed by atoms with E-state index in [0.29, 0.717) is 17.4 Å². The van der Waals surface area contributed by atoms with Crippen LogP contribution in [0.1, 0.15) is 53.1 Å². The zero-order chi connectivity index (χ0) is 24.1. The maximum Gasteiger partial charge on any atom is 0.336 e. The van der Waals surface area contributed by atoms with E-state index in [1.54, 1.807) is 6.08 Å². The second-order valence-electron chi connectivity index (χ2n) is 9.01. The molecule has 0 heterocycles. The third kappa shape index (κ3) is 5.64. The third-order valence-corrected chi connectivity index (χ3v) is 6.64. The normalized spacial score (nSPS) is 17.9. The molecule has 4 nitrogen and oxygen atoms in total. The number of nitrogens with two attached hydrogens (primary N) is 1. The number of rotatable bonds is 6. The number of aromatic hydroxyl groups is 1. The lowest BCUT2D eigenvalue weighted by Gasteiger charge is -2.21. The van der Waals surface area contributed by atoms with Gasteiger partial charge in [0.25, 0.3) is 0 Å².